The highest BCUT2D eigenvalue weighted by Crippen LogP contribution is 2.25. The lowest BCUT2D eigenvalue weighted by Gasteiger charge is -2.24. The first-order valence-electron chi connectivity index (χ1n) is 7.51. The molecular weight excluding hydrogens is 284 g/mol. The summed E-state index contributed by atoms with van der Waals surface area (Å²) in [4.78, 5) is 8.05. The molecule has 21 heavy (non-hydrogen) atoms. The maximum atomic E-state index is 9.07. The summed E-state index contributed by atoms with van der Waals surface area (Å²) in [5, 5.41) is 14.7. The fourth-order valence-electron chi connectivity index (χ4n) is 2.26. The summed E-state index contributed by atoms with van der Waals surface area (Å²) in [5.74, 6) is 1.04. The number of nitrogens with zero attached hydrogens (tertiary/aromatic N) is 3. The summed E-state index contributed by atoms with van der Waals surface area (Å²) in [7, 11) is 0. The van der Waals surface area contributed by atoms with Crippen LogP contribution >= 0.6 is 11.3 Å². The highest BCUT2D eigenvalue weighted by atomic mass is 32.1. The number of hydrogen-bond donors (Lipinski definition) is 2. The van der Waals surface area contributed by atoms with Crippen LogP contribution in [0, 0.1) is 0 Å². The largest absolute Gasteiger partial charge is 0.396 e. The molecule has 5 nitrogen and oxygen atoms in total. The average Bonchev–Trinajstić information content (AvgIpc) is 2.97. The molecule has 0 fully saturated rings. The molecule has 2 aromatic heterocycles. The minimum Gasteiger partial charge on any atom is -0.396 e. The number of aromatic nitrogens is 2. The number of hydrogen-bond acceptors (Lipinski definition) is 5. The van der Waals surface area contributed by atoms with Gasteiger partial charge in [0.1, 0.15) is 0 Å². The lowest BCUT2D eigenvalue weighted by atomic mass is 10.1. The van der Waals surface area contributed by atoms with Crippen LogP contribution in [0.2, 0.25) is 0 Å². The van der Waals surface area contributed by atoms with E-state index in [1.165, 1.54) is 5.69 Å². The Morgan fingerprint density at radius 1 is 1.43 bits per heavy atom. The van der Waals surface area contributed by atoms with Crippen molar-refractivity contribution in [3.63, 3.8) is 0 Å². The van der Waals surface area contributed by atoms with Crippen molar-refractivity contribution >= 4 is 22.1 Å². The van der Waals surface area contributed by atoms with Gasteiger partial charge in [0.2, 0.25) is 0 Å². The van der Waals surface area contributed by atoms with E-state index < -0.39 is 0 Å². The number of aliphatic hydroxyl groups is 1. The number of fused-ring (bicyclic) bond motifs is 1. The van der Waals surface area contributed by atoms with Gasteiger partial charge in [0.05, 0.1) is 5.69 Å². The van der Waals surface area contributed by atoms with Gasteiger partial charge in [-0.3, -0.25) is 4.40 Å². The van der Waals surface area contributed by atoms with Crippen LogP contribution in [0.3, 0.4) is 0 Å². The van der Waals surface area contributed by atoms with Gasteiger partial charge in [0.15, 0.2) is 10.8 Å². The predicted molar refractivity (Wildman–Crippen MR) is 89.3 cm³/mol. The molecule has 0 aliphatic rings. The molecule has 0 unspecified atom stereocenters. The van der Waals surface area contributed by atoms with Gasteiger partial charge in [-0.25, -0.2) is 4.98 Å². The lowest BCUT2D eigenvalue weighted by molar-refractivity contribution is 0.289. The quantitative estimate of drug-likeness (QED) is 0.825. The molecule has 0 aliphatic heterocycles. The van der Waals surface area contributed by atoms with Crippen molar-refractivity contribution < 1.29 is 5.11 Å². The zero-order valence-electron chi connectivity index (χ0n) is 13.4. The molecule has 0 bridgehead atoms. The third kappa shape index (κ3) is 3.96. The van der Waals surface area contributed by atoms with Crippen LogP contribution in [0.1, 0.15) is 39.8 Å². The second kappa shape index (κ2) is 6.77. The zero-order chi connectivity index (χ0) is 15.5. The van der Waals surface area contributed by atoms with E-state index in [4.69, 9.17) is 10.1 Å². The van der Waals surface area contributed by atoms with Crippen LogP contribution < -0.4 is 10.2 Å². The normalized spacial score (nSPS) is 12.2. The molecule has 2 N–H and O–H groups in total. The van der Waals surface area contributed by atoms with Gasteiger partial charge in [0, 0.05) is 43.4 Å². The van der Waals surface area contributed by atoms with Crippen molar-refractivity contribution in [2.45, 2.75) is 46.2 Å². The first-order valence-corrected chi connectivity index (χ1v) is 8.39. The summed E-state index contributed by atoms with van der Waals surface area (Å²) in [6, 6.07) is 0. The predicted octanol–water partition coefficient (Wildman–Crippen LogP) is 2.49. The summed E-state index contributed by atoms with van der Waals surface area (Å²) < 4.78 is 2.17. The third-order valence-corrected chi connectivity index (χ3v) is 4.15. The third-order valence-electron chi connectivity index (χ3n) is 3.39. The summed E-state index contributed by atoms with van der Waals surface area (Å²) >= 11 is 1.66. The van der Waals surface area contributed by atoms with E-state index >= 15 is 0 Å². The number of anilines is 1. The van der Waals surface area contributed by atoms with Crippen molar-refractivity contribution in [2.24, 2.45) is 0 Å². The summed E-state index contributed by atoms with van der Waals surface area (Å²) in [6.45, 7) is 11.4. The molecule has 0 saturated carbocycles. The Morgan fingerprint density at radius 2 is 2.19 bits per heavy atom. The first-order chi connectivity index (χ1) is 9.96. The molecular formula is C15H26N4OS. The van der Waals surface area contributed by atoms with Crippen molar-refractivity contribution in [2.75, 3.05) is 24.6 Å². The molecule has 0 radical (unpaired) electrons. The van der Waals surface area contributed by atoms with E-state index in [-0.39, 0.29) is 12.1 Å². The lowest BCUT2D eigenvalue weighted by Crippen LogP contribution is -2.36. The smallest absolute Gasteiger partial charge is 0.195 e. The molecule has 2 heterocycles. The highest BCUT2D eigenvalue weighted by Gasteiger charge is 2.19. The van der Waals surface area contributed by atoms with Crippen molar-refractivity contribution in [1.29, 1.82) is 0 Å². The van der Waals surface area contributed by atoms with Gasteiger partial charge in [-0.1, -0.05) is 0 Å². The molecule has 0 atom stereocenters. The number of imidazole rings is 1. The minimum atomic E-state index is 0.0690. The van der Waals surface area contributed by atoms with Crippen LogP contribution in [-0.2, 0) is 6.54 Å². The topological polar surface area (TPSA) is 52.8 Å². The number of nitrogens with one attached hydrogen (secondary N) is 1. The van der Waals surface area contributed by atoms with Gasteiger partial charge in [-0.2, -0.15) is 0 Å². The molecule has 6 heteroatoms. The van der Waals surface area contributed by atoms with Gasteiger partial charge in [-0.15, -0.1) is 11.3 Å². The van der Waals surface area contributed by atoms with Crippen molar-refractivity contribution in [3.05, 3.63) is 17.3 Å². The van der Waals surface area contributed by atoms with E-state index in [1.807, 2.05) is 0 Å². The van der Waals surface area contributed by atoms with Crippen molar-refractivity contribution in [3.8, 4) is 0 Å². The van der Waals surface area contributed by atoms with Gasteiger partial charge >= 0.3 is 0 Å². The van der Waals surface area contributed by atoms with E-state index in [0.717, 1.165) is 36.8 Å². The fourth-order valence-corrected chi connectivity index (χ4v) is 2.99. The number of thiazole rings is 1. The second-order valence-electron chi connectivity index (χ2n) is 6.20. The molecule has 0 aliphatic carbocycles. The first kappa shape index (κ1) is 16.3. The Hall–Kier alpha value is -1.11. The Bertz CT molecular complexity index is 570. The maximum Gasteiger partial charge on any atom is 0.195 e. The second-order valence-corrected chi connectivity index (χ2v) is 7.07. The standard InChI is InChI=1S/C15H26N4OS/c1-5-18(7-6-9-20)13-12(11-16-15(2,3)4)19-8-10-21-14(19)17-13/h8,10,16,20H,5-7,9,11H2,1-4H3. The fraction of sp³-hybridized carbons (Fsp3) is 0.667. The van der Waals surface area contributed by atoms with Gasteiger partial charge in [0.25, 0.3) is 0 Å². The van der Waals surface area contributed by atoms with Gasteiger partial charge in [-0.05, 0) is 34.1 Å². The Morgan fingerprint density at radius 3 is 2.81 bits per heavy atom. The SMILES string of the molecule is CCN(CCCO)c1nc2sccn2c1CNC(C)(C)C. The Kier molecular flexibility index (Phi) is 5.24. The summed E-state index contributed by atoms with van der Waals surface area (Å²) in [5.41, 5.74) is 1.26. The Balaban J connectivity index is 2.30. The molecule has 2 aromatic rings. The van der Waals surface area contributed by atoms with E-state index in [0.29, 0.717) is 0 Å². The molecule has 2 rings (SSSR count). The van der Waals surface area contributed by atoms with Crippen LogP contribution in [0.15, 0.2) is 11.6 Å². The Labute approximate surface area is 130 Å². The molecule has 0 amide bonds. The van der Waals surface area contributed by atoms with Crippen LogP contribution in [0.4, 0.5) is 5.82 Å². The maximum absolute atomic E-state index is 9.07. The molecule has 0 spiro atoms. The van der Waals surface area contributed by atoms with E-state index in [9.17, 15) is 0 Å². The van der Waals surface area contributed by atoms with Gasteiger partial charge < -0.3 is 15.3 Å². The number of aliphatic hydroxyl groups excluding tert-OH is 1. The van der Waals surface area contributed by atoms with E-state index in [1.54, 1.807) is 11.3 Å². The number of rotatable bonds is 7. The minimum absolute atomic E-state index is 0.0690. The van der Waals surface area contributed by atoms with Crippen LogP contribution in [-0.4, -0.2) is 39.7 Å². The monoisotopic (exact) mass is 310 g/mol. The van der Waals surface area contributed by atoms with Crippen LogP contribution in [0.25, 0.3) is 4.96 Å². The van der Waals surface area contributed by atoms with E-state index in [2.05, 4.69) is 53.9 Å². The van der Waals surface area contributed by atoms with Crippen molar-refractivity contribution in [1.82, 2.24) is 14.7 Å². The zero-order valence-corrected chi connectivity index (χ0v) is 14.2. The average molecular weight is 310 g/mol. The summed E-state index contributed by atoms with van der Waals surface area (Å²) in [6.07, 6.45) is 2.85. The molecule has 118 valence electrons. The van der Waals surface area contributed by atoms with Crippen LogP contribution in [0.5, 0.6) is 0 Å². The molecule has 0 saturated heterocycles. The highest BCUT2D eigenvalue weighted by molar-refractivity contribution is 7.15. The molecule has 0 aromatic carbocycles.